The molecule has 2 aliphatic rings. The maximum Gasteiger partial charge on any atom is 0.330 e. The normalized spacial score (nSPS) is 24.1. The first-order valence-electron chi connectivity index (χ1n) is 8.33. The molecule has 9 heteroatoms. The molecule has 8 nitrogen and oxygen atoms in total. The molecule has 2 aliphatic heterocycles. The van der Waals surface area contributed by atoms with Crippen molar-refractivity contribution in [3.63, 3.8) is 0 Å². The van der Waals surface area contributed by atoms with E-state index < -0.39 is 16.9 Å². The monoisotopic (exact) mass is 380 g/mol. The minimum absolute atomic E-state index is 0.00552. The summed E-state index contributed by atoms with van der Waals surface area (Å²) in [5.74, 6) is 0.318. The molecular formula is C17H20N2O6S. The largest absolute Gasteiger partial charge is 0.459 e. The van der Waals surface area contributed by atoms with Gasteiger partial charge < -0.3 is 14.4 Å². The van der Waals surface area contributed by atoms with Crippen LogP contribution in [0.3, 0.4) is 0 Å². The second kappa shape index (κ2) is 8.05. The number of amides is 1. The number of nitro groups is 1. The zero-order valence-corrected chi connectivity index (χ0v) is 15.1. The van der Waals surface area contributed by atoms with E-state index in [1.807, 2.05) is 0 Å². The molecule has 0 spiro atoms. The molecule has 0 aliphatic carbocycles. The fourth-order valence-corrected chi connectivity index (χ4v) is 4.66. The molecule has 1 aromatic rings. The van der Waals surface area contributed by atoms with E-state index in [2.05, 4.69) is 0 Å². The summed E-state index contributed by atoms with van der Waals surface area (Å²) in [4.78, 5) is 36.3. The Morgan fingerprint density at radius 3 is 2.73 bits per heavy atom. The number of methoxy groups -OCH3 is 1. The van der Waals surface area contributed by atoms with Crippen LogP contribution in [0.5, 0.6) is 0 Å². The van der Waals surface area contributed by atoms with Crippen LogP contribution in [-0.2, 0) is 25.7 Å². The van der Waals surface area contributed by atoms with Gasteiger partial charge in [0.05, 0.1) is 11.5 Å². The molecule has 1 aromatic carbocycles. The lowest BCUT2D eigenvalue weighted by atomic mass is 10.0. The zero-order chi connectivity index (χ0) is 18.7. The maximum absolute atomic E-state index is 12.6. The predicted molar refractivity (Wildman–Crippen MR) is 94.7 cm³/mol. The van der Waals surface area contributed by atoms with Crippen LogP contribution in [0.1, 0.15) is 18.4 Å². The molecule has 2 saturated heterocycles. The molecule has 0 N–H and O–H groups in total. The lowest BCUT2D eigenvalue weighted by Gasteiger charge is -2.37. The van der Waals surface area contributed by atoms with Gasteiger partial charge in [-0.3, -0.25) is 14.9 Å². The number of hydrogen-bond acceptors (Lipinski definition) is 7. The van der Waals surface area contributed by atoms with Crippen LogP contribution in [0.2, 0.25) is 0 Å². The van der Waals surface area contributed by atoms with Gasteiger partial charge in [-0.25, -0.2) is 4.79 Å². The van der Waals surface area contributed by atoms with Crippen molar-refractivity contribution < 1.29 is 24.0 Å². The van der Waals surface area contributed by atoms with Crippen LogP contribution < -0.4 is 0 Å². The van der Waals surface area contributed by atoms with Crippen LogP contribution in [-0.4, -0.2) is 58.5 Å². The van der Waals surface area contributed by atoms with Gasteiger partial charge in [0.2, 0.25) is 5.91 Å². The molecular weight excluding hydrogens is 360 g/mol. The molecule has 0 radical (unpaired) electrons. The van der Waals surface area contributed by atoms with Gasteiger partial charge in [-0.1, -0.05) is 0 Å². The third kappa shape index (κ3) is 3.83. The third-order valence-electron chi connectivity index (χ3n) is 4.64. The van der Waals surface area contributed by atoms with Crippen molar-refractivity contribution in [1.82, 2.24) is 4.90 Å². The first kappa shape index (κ1) is 18.7. The van der Waals surface area contributed by atoms with E-state index in [9.17, 15) is 19.7 Å². The number of thioether (sulfide) groups is 1. The van der Waals surface area contributed by atoms with Crippen molar-refractivity contribution in [3.05, 3.63) is 39.9 Å². The first-order valence-corrected chi connectivity index (χ1v) is 9.38. The zero-order valence-electron chi connectivity index (χ0n) is 14.3. The number of ether oxygens (including phenoxy) is 2. The van der Waals surface area contributed by atoms with Gasteiger partial charge in [0, 0.05) is 42.7 Å². The Labute approximate surface area is 155 Å². The Morgan fingerprint density at radius 1 is 1.38 bits per heavy atom. The number of fused-ring (bicyclic) bond motifs is 1. The van der Waals surface area contributed by atoms with Gasteiger partial charge in [-0.05, 0) is 24.1 Å². The third-order valence-corrected chi connectivity index (χ3v) is 5.92. The van der Waals surface area contributed by atoms with Crippen molar-refractivity contribution in [1.29, 1.82) is 0 Å². The van der Waals surface area contributed by atoms with Crippen LogP contribution in [0.25, 0.3) is 0 Å². The number of rotatable bonds is 8. The number of nitrogens with zero attached hydrogens (tertiary/aromatic N) is 2. The second-order valence-corrected chi connectivity index (χ2v) is 7.62. The molecule has 3 unspecified atom stereocenters. The molecule has 1 amide bonds. The van der Waals surface area contributed by atoms with Gasteiger partial charge in [0.15, 0.2) is 0 Å². The highest BCUT2D eigenvalue weighted by atomic mass is 32.2. The quantitative estimate of drug-likeness (QED) is 0.223. The van der Waals surface area contributed by atoms with E-state index in [0.717, 1.165) is 12.2 Å². The summed E-state index contributed by atoms with van der Waals surface area (Å²) in [6, 6.07) is 5.42. The van der Waals surface area contributed by atoms with E-state index in [0.29, 0.717) is 18.6 Å². The summed E-state index contributed by atoms with van der Waals surface area (Å²) in [7, 11) is 1.63. The summed E-state index contributed by atoms with van der Waals surface area (Å²) in [6.45, 7) is 0.611. The van der Waals surface area contributed by atoms with E-state index in [1.165, 1.54) is 12.1 Å². The fraction of sp³-hybridized carbons (Fsp3) is 0.529. The Hall–Kier alpha value is -2.13. The van der Waals surface area contributed by atoms with Crippen molar-refractivity contribution >= 4 is 29.3 Å². The summed E-state index contributed by atoms with van der Waals surface area (Å²) < 4.78 is 10.5. The molecule has 140 valence electrons. The number of hydrogen-bond donors (Lipinski definition) is 0. The van der Waals surface area contributed by atoms with E-state index in [4.69, 9.17) is 9.47 Å². The molecule has 0 saturated carbocycles. The minimum Gasteiger partial charge on any atom is -0.459 e. The van der Waals surface area contributed by atoms with Crippen molar-refractivity contribution in [2.75, 3.05) is 19.5 Å². The van der Waals surface area contributed by atoms with Gasteiger partial charge >= 0.3 is 5.97 Å². The smallest absolute Gasteiger partial charge is 0.330 e. The average Bonchev–Trinajstić information content (AvgIpc) is 2.92. The summed E-state index contributed by atoms with van der Waals surface area (Å²) in [6.07, 6.45) is 1.28. The molecule has 2 heterocycles. The SMILES string of the molecule is COCCSC1CC2CC(=O)N2C1C(=O)OCc1ccc([N+](=O)[O-])cc1. The lowest BCUT2D eigenvalue weighted by molar-refractivity contribution is -0.384. The fourth-order valence-electron chi connectivity index (χ4n) is 3.31. The summed E-state index contributed by atoms with van der Waals surface area (Å²) in [5.41, 5.74) is 0.650. The lowest BCUT2D eigenvalue weighted by Crippen LogP contribution is -2.55. The summed E-state index contributed by atoms with van der Waals surface area (Å²) in [5, 5.41) is 10.7. The Balaban J connectivity index is 1.60. The number of β-lactam (4-membered cyclic amide) rings is 1. The van der Waals surface area contributed by atoms with E-state index >= 15 is 0 Å². The molecule has 2 fully saturated rings. The number of nitro benzene ring substituents is 1. The Bertz CT molecular complexity index is 695. The predicted octanol–water partition coefficient (Wildman–Crippen LogP) is 1.76. The highest BCUT2D eigenvalue weighted by Crippen LogP contribution is 2.41. The van der Waals surface area contributed by atoms with E-state index in [-0.39, 0.29) is 29.5 Å². The van der Waals surface area contributed by atoms with Gasteiger partial charge in [0.25, 0.3) is 5.69 Å². The standard InChI is InChI=1S/C17H20N2O6S/c1-24-6-7-26-14-8-13-9-15(20)18(13)16(14)17(21)25-10-11-2-4-12(5-3-11)19(22)23/h2-5,13-14,16H,6-10H2,1H3. The number of carbonyl (C=O) groups excluding carboxylic acids is 2. The second-order valence-electron chi connectivity index (χ2n) is 6.27. The Morgan fingerprint density at radius 2 is 2.12 bits per heavy atom. The molecule has 3 rings (SSSR count). The van der Waals surface area contributed by atoms with Gasteiger partial charge in [-0.15, -0.1) is 0 Å². The van der Waals surface area contributed by atoms with Crippen molar-refractivity contribution in [3.8, 4) is 0 Å². The van der Waals surface area contributed by atoms with Crippen LogP contribution >= 0.6 is 11.8 Å². The summed E-state index contributed by atoms with van der Waals surface area (Å²) >= 11 is 1.63. The van der Waals surface area contributed by atoms with Crippen LogP contribution in [0.15, 0.2) is 24.3 Å². The van der Waals surface area contributed by atoms with Gasteiger partial charge in [-0.2, -0.15) is 11.8 Å². The minimum atomic E-state index is -0.568. The highest BCUT2D eigenvalue weighted by Gasteiger charge is 2.54. The number of carbonyl (C=O) groups is 2. The van der Waals surface area contributed by atoms with Crippen LogP contribution in [0, 0.1) is 10.1 Å². The Kier molecular flexibility index (Phi) is 5.77. The molecule has 0 bridgehead atoms. The highest BCUT2D eigenvalue weighted by molar-refractivity contribution is 8.00. The van der Waals surface area contributed by atoms with Crippen molar-refractivity contribution in [2.45, 2.75) is 36.8 Å². The number of benzene rings is 1. The topological polar surface area (TPSA) is 99.0 Å². The van der Waals surface area contributed by atoms with Crippen LogP contribution in [0.4, 0.5) is 5.69 Å². The molecule has 3 atom stereocenters. The number of esters is 1. The van der Waals surface area contributed by atoms with Gasteiger partial charge in [0.1, 0.15) is 12.6 Å². The van der Waals surface area contributed by atoms with E-state index in [1.54, 1.807) is 35.9 Å². The molecule has 26 heavy (non-hydrogen) atoms. The van der Waals surface area contributed by atoms with Crippen molar-refractivity contribution in [2.24, 2.45) is 0 Å². The number of non-ortho nitro benzene ring substituents is 1. The average molecular weight is 380 g/mol. The molecule has 0 aromatic heterocycles. The maximum atomic E-state index is 12.6. The first-order chi connectivity index (χ1) is 12.5.